The van der Waals surface area contributed by atoms with E-state index in [1.807, 2.05) is 48.5 Å². The molecule has 0 atom stereocenters. The first-order chi connectivity index (χ1) is 11.6. The predicted molar refractivity (Wildman–Crippen MR) is 92.7 cm³/mol. The average molecular weight is 319 g/mol. The average Bonchev–Trinajstić information content (AvgIpc) is 3.40. The molecule has 0 aromatic heterocycles. The van der Waals surface area contributed by atoms with E-state index in [9.17, 15) is 4.79 Å². The Bertz CT molecular complexity index is 864. The number of methoxy groups -OCH3 is 1. The molecule has 4 rings (SSSR count). The van der Waals surface area contributed by atoms with Gasteiger partial charge in [-0.1, -0.05) is 43.0 Å². The molecule has 1 fully saturated rings. The fourth-order valence-corrected chi connectivity index (χ4v) is 2.95. The van der Waals surface area contributed by atoms with Crippen LogP contribution in [-0.4, -0.2) is 24.4 Å². The van der Waals surface area contributed by atoms with Crippen molar-refractivity contribution in [2.24, 2.45) is 4.99 Å². The van der Waals surface area contributed by atoms with Gasteiger partial charge in [-0.3, -0.25) is 0 Å². The molecular weight excluding hydrogens is 302 g/mol. The van der Waals surface area contributed by atoms with Gasteiger partial charge in [0.2, 0.25) is 0 Å². The zero-order valence-corrected chi connectivity index (χ0v) is 13.4. The number of hydrogen-bond donors (Lipinski definition) is 0. The first-order valence-electron chi connectivity index (χ1n) is 7.88. The Hall–Kier alpha value is -2.88. The number of carbonyl (C=O) groups excluding carboxylic acids is 1. The molecule has 1 saturated carbocycles. The van der Waals surface area contributed by atoms with Gasteiger partial charge < -0.3 is 9.47 Å². The number of hydrogen-bond acceptors (Lipinski definition) is 4. The Morgan fingerprint density at radius 2 is 1.92 bits per heavy atom. The van der Waals surface area contributed by atoms with E-state index in [1.54, 1.807) is 0 Å². The molecule has 0 saturated heterocycles. The van der Waals surface area contributed by atoms with Crippen LogP contribution in [0.2, 0.25) is 0 Å². The van der Waals surface area contributed by atoms with Crippen LogP contribution in [0.4, 0.5) is 5.69 Å². The van der Waals surface area contributed by atoms with Crippen LogP contribution in [0.15, 0.2) is 60.1 Å². The summed E-state index contributed by atoms with van der Waals surface area (Å²) < 4.78 is 10.9. The van der Waals surface area contributed by atoms with Crippen LogP contribution >= 0.6 is 0 Å². The molecule has 2 aromatic carbocycles. The molecule has 0 N–H and O–H groups in total. The van der Waals surface area contributed by atoms with Crippen LogP contribution < -0.4 is 4.74 Å². The predicted octanol–water partition coefficient (Wildman–Crippen LogP) is 3.92. The molecule has 0 radical (unpaired) electrons. The molecule has 120 valence electrons. The number of esters is 1. The molecule has 4 nitrogen and oxygen atoms in total. The zero-order chi connectivity index (χ0) is 16.7. The van der Waals surface area contributed by atoms with Gasteiger partial charge in [0.15, 0.2) is 11.3 Å². The number of fused-ring (bicyclic) bond motifs is 1. The van der Waals surface area contributed by atoms with Gasteiger partial charge in [0.25, 0.3) is 0 Å². The van der Waals surface area contributed by atoms with Gasteiger partial charge in [-0.25, -0.2) is 9.79 Å². The molecule has 0 bridgehead atoms. The van der Waals surface area contributed by atoms with Crippen LogP contribution in [-0.2, 0) is 9.53 Å². The van der Waals surface area contributed by atoms with Crippen molar-refractivity contribution in [1.82, 2.24) is 0 Å². The van der Waals surface area contributed by atoms with Crippen molar-refractivity contribution in [2.45, 2.75) is 18.4 Å². The minimum absolute atomic E-state index is 0.361. The lowest BCUT2D eigenvalue weighted by molar-refractivity contribution is -0.133. The van der Waals surface area contributed by atoms with E-state index < -0.39 is 11.6 Å². The summed E-state index contributed by atoms with van der Waals surface area (Å²) in [5.74, 6) is 0.273. The number of benzene rings is 2. The van der Waals surface area contributed by atoms with Crippen LogP contribution in [0.1, 0.15) is 24.0 Å². The quantitative estimate of drug-likeness (QED) is 0.806. The summed E-state index contributed by atoms with van der Waals surface area (Å²) in [6.45, 7) is 4.17. The fourth-order valence-electron chi connectivity index (χ4n) is 2.95. The van der Waals surface area contributed by atoms with Crippen molar-refractivity contribution in [2.75, 3.05) is 7.11 Å². The summed E-state index contributed by atoms with van der Waals surface area (Å²) in [6, 6.07) is 15.7. The molecule has 0 amide bonds. The number of nitrogens with zero attached hydrogens (tertiary/aromatic N) is 1. The second kappa shape index (κ2) is 5.34. The monoisotopic (exact) mass is 319 g/mol. The number of carbonyl (C=O) groups is 1. The van der Waals surface area contributed by atoms with Crippen LogP contribution in [0, 0.1) is 0 Å². The van der Waals surface area contributed by atoms with Gasteiger partial charge in [0.1, 0.15) is 11.4 Å². The van der Waals surface area contributed by atoms with E-state index >= 15 is 0 Å². The van der Waals surface area contributed by atoms with E-state index in [-0.39, 0.29) is 0 Å². The Balaban J connectivity index is 1.74. The SMILES string of the molecule is C=C(c1ccccc1)c1ccc2c(c1)N=C(C(=O)OC)C1(CC1)O2. The number of aliphatic imine (C=N–C) groups is 1. The summed E-state index contributed by atoms with van der Waals surface area (Å²) in [5.41, 5.74) is 3.31. The van der Waals surface area contributed by atoms with E-state index in [4.69, 9.17) is 9.47 Å². The summed E-state index contributed by atoms with van der Waals surface area (Å²) in [6.07, 6.45) is 1.58. The molecule has 1 heterocycles. The molecule has 2 aliphatic rings. The van der Waals surface area contributed by atoms with Crippen molar-refractivity contribution in [1.29, 1.82) is 0 Å². The van der Waals surface area contributed by atoms with Crippen LogP contribution in [0.25, 0.3) is 5.57 Å². The highest BCUT2D eigenvalue weighted by Gasteiger charge is 2.55. The van der Waals surface area contributed by atoms with Gasteiger partial charge in [-0.2, -0.15) is 0 Å². The minimum atomic E-state index is -0.585. The molecule has 1 aliphatic heterocycles. The van der Waals surface area contributed by atoms with Gasteiger partial charge in [-0.15, -0.1) is 0 Å². The van der Waals surface area contributed by atoms with Crippen LogP contribution in [0.5, 0.6) is 5.75 Å². The lowest BCUT2D eigenvalue weighted by atomic mass is 9.98. The van der Waals surface area contributed by atoms with Crippen molar-refractivity contribution >= 4 is 22.9 Å². The second-order valence-electron chi connectivity index (χ2n) is 6.08. The highest BCUT2D eigenvalue weighted by Crippen LogP contribution is 2.49. The first kappa shape index (κ1) is 14.7. The summed E-state index contributed by atoms with van der Waals surface area (Å²) >= 11 is 0. The summed E-state index contributed by atoms with van der Waals surface area (Å²) in [7, 11) is 1.37. The Morgan fingerprint density at radius 3 is 2.58 bits per heavy atom. The summed E-state index contributed by atoms with van der Waals surface area (Å²) in [5, 5.41) is 0. The van der Waals surface area contributed by atoms with E-state index in [0.29, 0.717) is 17.1 Å². The lowest BCUT2D eigenvalue weighted by Gasteiger charge is -2.25. The maximum Gasteiger partial charge on any atom is 0.356 e. The van der Waals surface area contributed by atoms with Crippen molar-refractivity contribution in [3.63, 3.8) is 0 Å². The highest BCUT2D eigenvalue weighted by molar-refractivity contribution is 6.41. The van der Waals surface area contributed by atoms with E-state index in [1.165, 1.54) is 7.11 Å². The summed E-state index contributed by atoms with van der Waals surface area (Å²) in [4.78, 5) is 16.6. The number of ether oxygens (including phenoxy) is 2. The molecule has 4 heteroatoms. The first-order valence-corrected chi connectivity index (χ1v) is 7.88. The van der Waals surface area contributed by atoms with Gasteiger partial charge >= 0.3 is 5.97 Å². The Morgan fingerprint density at radius 1 is 1.17 bits per heavy atom. The molecule has 24 heavy (non-hydrogen) atoms. The minimum Gasteiger partial charge on any atom is -0.478 e. The van der Waals surface area contributed by atoms with Gasteiger partial charge in [0, 0.05) is 0 Å². The van der Waals surface area contributed by atoms with Crippen LogP contribution in [0.3, 0.4) is 0 Å². The topological polar surface area (TPSA) is 47.9 Å². The van der Waals surface area contributed by atoms with E-state index in [2.05, 4.69) is 11.6 Å². The molecule has 2 aromatic rings. The lowest BCUT2D eigenvalue weighted by Crippen LogP contribution is -2.38. The Labute approximate surface area is 140 Å². The third-order valence-corrected chi connectivity index (χ3v) is 4.48. The van der Waals surface area contributed by atoms with Crippen molar-refractivity contribution in [3.05, 3.63) is 66.2 Å². The second-order valence-corrected chi connectivity index (χ2v) is 6.08. The molecular formula is C20H17NO3. The third kappa shape index (κ3) is 2.31. The normalized spacial score (nSPS) is 16.6. The standard InChI is InChI=1S/C20H17NO3/c1-13(14-6-4-3-5-7-14)15-8-9-17-16(12-15)21-18(19(22)23-2)20(24-17)10-11-20/h3-9,12H,1,10-11H2,2H3. The molecule has 1 spiro atoms. The highest BCUT2D eigenvalue weighted by atomic mass is 16.5. The van der Waals surface area contributed by atoms with Crippen molar-refractivity contribution in [3.8, 4) is 5.75 Å². The Kier molecular flexibility index (Phi) is 3.27. The van der Waals surface area contributed by atoms with E-state index in [0.717, 1.165) is 29.5 Å². The van der Waals surface area contributed by atoms with Crippen molar-refractivity contribution < 1.29 is 14.3 Å². The van der Waals surface area contributed by atoms with Gasteiger partial charge in [0.05, 0.1) is 7.11 Å². The smallest absolute Gasteiger partial charge is 0.356 e. The zero-order valence-electron chi connectivity index (χ0n) is 13.4. The third-order valence-electron chi connectivity index (χ3n) is 4.48. The maximum absolute atomic E-state index is 12.0. The largest absolute Gasteiger partial charge is 0.478 e. The number of rotatable bonds is 3. The van der Waals surface area contributed by atoms with Gasteiger partial charge in [-0.05, 0) is 41.7 Å². The maximum atomic E-state index is 12.0. The molecule has 0 unspecified atom stereocenters. The molecule has 1 aliphatic carbocycles. The fraction of sp³-hybridized carbons (Fsp3) is 0.200.